The first-order valence-electron chi connectivity index (χ1n) is 7.08. The van der Waals surface area contributed by atoms with Crippen LogP contribution in [0.25, 0.3) is 0 Å². The highest BCUT2D eigenvalue weighted by atomic mass is 16.6. The van der Waals surface area contributed by atoms with Gasteiger partial charge in [0.05, 0.1) is 24.4 Å². The number of rotatable bonds is 7. The van der Waals surface area contributed by atoms with Crippen LogP contribution in [0.2, 0.25) is 0 Å². The SMILES string of the molecule is O=C(O)CCN(C(=O)OCc1ccc([N+](=O)[O-])cc1)N1CCC1=O. The number of carboxylic acid groups (broad SMARTS) is 1. The lowest BCUT2D eigenvalue weighted by molar-refractivity contribution is -0.384. The third-order valence-corrected chi connectivity index (χ3v) is 3.37. The molecule has 128 valence electrons. The van der Waals surface area contributed by atoms with Crippen LogP contribution in [-0.2, 0) is 20.9 Å². The summed E-state index contributed by atoms with van der Waals surface area (Å²) in [4.78, 5) is 44.2. The standard InChI is InChI=1S/C14H15N3O7/c18-12-5-7-15(12)16(8-6-13(19)20)14(21)24-9-10-1-3-11(4-2-10)17(22)23/h1-4H,5-9H2,(H,19,20). The molecule has 0 saturated carbocycles. The van der Waals surface area contributed by atoms with Gasteiger partial charge < -0.3 is 9.84 Å². The van der Waals surface area contributed by atoms with E-state index in [1.54, 1.807) is 0 Å². The Labute approximate surface area is 136 Å². The molecule has 0 spiro atoms. The number of hydrazine groups is 1. The molecular formula is C14H15N3O7. The molecule has 0 aromatic heterocycles. The van der Waals surface area contributed by atoms with Crippen molar-refractivity contribution in [3.63, 3.8) is 0 Å². The summed E-state index contributed by atoms with van der Waals surface area (Å²) in [5.74, 6) is -1.39. The number of nitro groups is 1. The second-order valence-electron chi connectivity index (χ2n) is 5.01. The fourth-order valence-corrected chi connectivity index (χ4v) is 2.00. The van der Waals surface area contributed by atoms with Gasteiger partial charge in [0.2, 0.25) is 5.91 Å². The number of ether oxygens (including phenoxy) is 1. The normalized spacial score (nSPS) is 13.2. The number of amides is 2. The molecule has 0 radical (unpaired) electrons. The number of carbonyl (C=O) groups is 3. The predicted octanol–water partition coefficient (Wildman–Crippen LogP) is 1.16. The van der Waals surface area contributed by atoms with E-state index < -0.39 is 17.0 Å². The summed E-state index contributed by atoms with van der Waals surface area (Å²) in [6.45, 7) is -0.00627. The van der Waals surface area contributed by atoms with Crippen molar-refractivity contribution in [1.29, 1.82) is 0 Å². The van der Waals surface area contributed by atoms with Gasteiger partial charge in [-0.3, -0.25) is 19.7 Å². The average molecular weight is 337 g/mol. The van der Waals surface area contributed by atoms with Gasteiger partial charge in [0.1, 0.15) is 6.61 Å². The Bertz CT molecular complexity index is 659. The number of non-ortho nitro benzene ring substituents is 1. The van der Waals surface area contributed by atoms with E-state index in [0.29, 0.717) is 18.5 Å². The van der Waals surface area contributed by atoms with Crippen LogP contribution in [0.5, 0.6) is 0 Å². The van der Waals surface area contributed by atoms with Gasteiger partial charge in [-0.25, -0.2) is 14.8 Å². The highest BCUT2D eigenvalue weighted by molar-refractivity contribution is 5.84. The van der Waals surface area contributed by atoms with Gasteiger partial charge >= 0.3 is 12.1 Å². The van der Waals surface area contributed by atoms with Gasteiger partial charge in [0.15, 0.2) is 0 Å². The molecular weight excluding hydrogens is 322 g/mol. The van der Waals surface area contributed by atoms with E-state index in [4.69, 9.17) is 9.84 Å². The molecule has 24 heavy (non-hydrogen) atoms. The lowest BCUT2D eigenvalue weighted by Gasteiger charge is -2.39. The van der Waals surface area contributed by atoms with E-state index in [2.05, 4.69) is 0 Å². The molecule has 1 aliphatic heterocycles. The lowest BCUT2D eigenvalue weighted by atomic mass is 10.2. The Kier molecular flexibility index (Phi) is 5.30. The zero-order valence-electron chi connectivity index (χ0n) is 12.6. The molecule has 1 aliphatic rings. The maximum atomic E-state index is 12.1. The molecule has 0 bridgehead atoms. The Hall–Kier alpha value is -3.17. The van der Waals surface area contributed by atoms with Gasteiger partial charge in [-0.2, -0.15) is 0 Å². The average Bonchev–Trinajstić information content (AvgIpc) is 2.54. The minimum atomic E-state index is -1.10. The molecule has 1 N–H and O–H groups in total. The van der Waals surface area contributed by atoms with Crippen LogP contribution >= 0.6 is 0 Å². The van der Waals surface area contributed by atoms with Crippen molar-refractivity contribution in [2.24, 2.45) is 0 Å². The third kappa shape index (κ3) is 4.18. The number of nitro benzene ring substituents is 1. The molecule has 1 heterocycles. The molecule has 0 aliphatic carbocycles. The first-order valence-corrected chi connectivity index (χ1v) is 7.08. The molecule has 1 aromatic carbocycles. The van der Waals surface area contributed by atoms with Crippen LogP contribution in [0.4, 0.5) is 10.5 Å². The first kappa shape index (κ1) is 17.2. The zero-order chi connectivity index (χ0) is 17.7. The Balaban J connectivity index is 1.95. The summed E-state index contributed by atoms with van der Waals surface area (Å²) in [5.41, 5.74) is 0.446. The fraction of sp³-hybridized carbons (Fsp3) is 0.357. The molecule has 10 heteroatoms. The number of nitrogens with zero attached hydrogens (tertiary/aromatic N) is 3. The zero-order valence-corrected chi connectivity index (χ0v) is 12.6. The van der Waals surface area contributed by atoms with E-state index in [1.807, 2.05) is 0 Å². The summed E-state index contributed by atoms with van der Waals surface area (Å²) in [7, 11) is 0. The van der Waals surface area contributed by atoms with Crippen LogP contribution < -0.4 is 0 Å². The smallest absolute Gasteiger partial charge is 0.429 e. The minimum absolute atomic E-state index is 0.0839. The topological polar surface area (TPSA) is 130 Å². The molecule has 2 amide bonds. The van der Waals surface area contributed by atoms with Gasteiger partial charge in [-0.1, -0.05) is 0 Å². The lowest BCUT2D eigenvalue weighted by Crippen LogP contribution is -2.57. The fourth-order valence-electron chi connectivity index (χ4n) is 2.00. The van der Waals surface area contributed by atoms with Gasteiger partial charge in [-0.05, 0) is 17.7 Å². The first-order chi connectivity index (χ1) is 11.4. The Morgan fingerprint density at radius 1 is 1.33 bits per heavy atom. The van der Waals surface area contributed by atoms with Crippen molar-refractivity contribution in [2.45, 2.75) is 19.4 Å². The van der Waals surface area contributed by atoms with Crippen molar-refractivity contribution in [2.75, 3.05) is 13.1 Å². The summed E-state index contributed by atoms with van der Waals surface area (Å²) in [6, 6.07) is 5.46. The number of aliphatic carboxylic acids is 1. The van der Waals surface area contributed by atoms with Crippen LogP contribution in [0.3, 0.4) is 0 Å². The highest BCUT2D eigenvalue weighted by Crippen LogP contribution is 2.16. The minimum Gasteiger partial charge on any atom is -0.481 e. The van der Waals surface area contributed by atoms with E-state index >= 15 is 0 Å². The third-order valence-electron chi connectivity index (χ3n) is 3.37. The summed E-state index contributed by atoms with van der Waals surface area (Å²) in [6.07, 6.45) is -0.877. The van der Waals surface area contributed by atoms with Gasteiger partial charge in [0.25, 0.3) is 5.69 Å². The van der Waals surface area contributed by atoms with Crippen LogP contribution in [0, 0.1) is 10.1 Å². The molecule has 1 fully saturated rings. The molecule has 0 unspecified atom stereocenters. The van der Waals surface area contributed by atoms with Crippen LogP contribution in [-0.4, -0.2) is 51.1 Å². The van der Waals surface area contributed by atoms with Gasteiger partial charge in [-0.15, -0.1) is 0 Å². The molecule has 1 aromatic rings. The van der Waals surface area contributed by atoms with E-state index in [0.717, 1.165) is 10.0 Å². The van der Waals surface area contributed by atoms with E-state index in [-0.39, 0.29) is 31.2 Å². The monoisotopic (exact) mass is 337 g/mol. The van der Waals surface area contributed by atoms with Crippen molar-refractivity contribution < 1.29 is 29.2 Å². The van der Waals surface area contributed by atoms with Crippen molar-refractivity contribution in [1.82, 2.24) is 10.0 Å². The number of hydrogen-bond acceptors (Lipinski definition) is 6. The summed E-state index contributed by atoms with van der Waals surface area (Å²) < 4.78 is 5.06. The highest BCUT2D eigenvalue weighted by Gasteiger charge is 2.34. The molecule has 2 rings (SSSR count). The number of carbonyl (C=O) groups excluding carboxylic acids is 2. The second-order valence-corrected chi connectivity index (χ2v) is 5.01. The molecule has 0 atom stereocenters. The van der Waals surface area contributed by atoms with Gasteiger partial charge in [0, 0.05) is 18.6 Å². The van der Waals surface area contributed by atoms with Crippen LogP contribution in [0.1, 0.15) is 18.4 Å². The largest absolute Gasteiger partial charge is 0.481 e. The van der Waals surface area contributed by atoms with E-state index in [1.165, 1.54) is 24.3 Å². The molecule has 1 saturated heterocycles. The maximum absolute atomic E-state index is 12.1. The number of benzene rings is 1. The maximum Gasteiger partial charge on any atom is 0.429 e. The Morgan fingerprint density at radius 3 is 2.46 bits per heavy atom. The number of hydrogen-bond donors (Lipinski definition) is 1. The quantitative estimate of drug-likeness (QED) is 0.448. The number of β-lactam (4-membered cyclic amide) rings is 1. The summed E-state index contributed by atoms with van der Waals surface area (Å²) in [5, 5.41) is 21.4. The van der Waals surface area contributed by atoms with E-state index in [9.17, 15) is 24.5 Å². The predicted molar refractivity (Wildman–Crippen MR) is 78.6 cm³/mol. The molecule has 10 nitrogen and oxygen atoms in total. The summed E-state index contributed by atoms with van der Waals surface area (Å²) >= 11 is 0. The van der Waals surface area contributed by atoms with Crippen LogP contribution in [0.15, 0.2) is 24.3 Å². The van der Waals surface area contributed by atoms with Crippen molar-refractivity contribution in [3.8, 4) is 0 Å². The van der Waals surface area contributed by atoms with Crippen molar-refractivity contribution >= 4 is 23.7 Å². The Morgan fingerprint density at radius 2 is 2.00 bits per heavy atom. The second kappa shape index (κ2) is 7.40. The number of carboxylic acids is 1. The van der Waals surface area contributed by atoms with Crippen molar-refractivity contribution in [3.05, 3.63) is 39.9 Å².